The molecule has 5 saturated heterocycles. The van der Waals surface area contributed by atoms with Crippen molar-refractivity contribution < 1.29 is 14.3 Å². The molecular weight excluding hydrogens is 568 g/mol. The van der Waals surface area contributed by atoms with Crippen LogP contribution in [-0.2, 0) is 9.53 Å². The van der Waals surface area contributed by atoms with Crippen LogP contribution in [0.25, 0.3) is 16.6 Å². The molecule has 3 unspecified atom stereocenters. The molecule has 3 aromatic heterocycles. The number of hydrogen-bond acceptors (Lipinski definition) is 9. The topological polar surface area (TPSA) is 102 Å². The highest BCUT2D eigenvalue weighted by Crippen LogP contribution is 2.35. The second-order valence-electron chi connectivity index (χ2n) is 13.1. The molecule has 0 aliphatic carbocycles. The van der Waals surface area contributed by atoms with E-state index in [4.69, 9.17) is 14.5 Å². The molecule has 45 heavy (non-hydrogen) atoms. The molecule has 11 nitrogen and oxygen atoms in total. The summed E-state index contributed by atoms with van der Waals surface area (Å²) in [5, 5.41) is 14.3. The van der Waals surface area contributed by atoms with Crippen LogP contribution in [-0.4, -0.2) is 120 Å². The van der Waals surface area contributed by atoms with Crippen molar-refractivity contribution in [1.82, 2.24) is 29.3 Å². The summed E-state index contributed by atoms with van der Waals surface area (Å²) >= 11 is 0. The normalized spacial score (nSPS) is 24.6. The van der Waals surface area contributed by atoms with Gasteiger partial charge in [-0.1, -0.05) is 0 Å². The average Bonchev–Trinajstić information content (AvgIpc) is 3.49. The van der Waals surface area contributed by atoms with Crippen LogP contribution in [0.1, 0.15) is 44.1 Å². The van der Waals surface area contributed by atoms with Gasteiger partial charge >= 0.3 is 0 Å². The van der Waals surface area contributed by atoms with Gasteiger partial charge in [-0.25, -0.2) is 9.50 Å². The van der Waals surface area contributed by atoms with Crippen LogP contribution in [0.3, 0.4) is 0 Å². The first-order valence-corrected chi connectivity index (χ1v) is 16.6. The van der Waals surface area contributed by atoms with Crippen LogP contribution in [0, 0.1) is 17.2 Å². The molecule has 5 fully saturated rings. The van der Waals surface area contributed by atoms with Gasteiger partial charge in [0.05, 0.1) is 43.3 Å². The van der Waals surface area contributed by atoms with Crippen molar-refractivity contribution in [3.63, 3.8) is 0 Å². The Balaban J connectivity index is 1.00. The highest BCUT2D eigenvalue weighted by Gasteiger charge is 2.44. The standard InChI is InChI=1S/C34H44N8O3/c1-38-9-7-25(3-2-4-33(38)43)8-14-45-30-18-31(34-27(19-35)21-37-42(34)24-30)26-5-6-32(36-20-26)40-22-28-17-29(23-40)41(28)11-10-39-12-15-44-16-13-39/h5-6,18,20-21,24-25,28-29H,2-4,7-17,22-23H2,1H3. The molecule has 1 amide bonds. The fraction of sp³-hybridized carbons (Fsp3) is 0.588. The number of morpholine rings is 1. The van der Waals surface area contributed by atoms with Crippen LogP contribution < -0.4 is 9.64 Å². The Labute approximate surface area is 265 Å². The van der Waals surface area contributed by atoms with E-state index in [2.05, 4.69) is 38.0 Å². The summed E-state index contributed by atoms with van der Waals surface area (Å²) in [5.74, 6) is 2.51. The maximum Gasteiger partial charge on any atom is 0.222 e. The number of ether oxygens (including phenoxy) is 2. The number of carbonyl (C=O) groups is 1. The first kappa shape index (κ1) is 30.0. The van der Waals surface area contributed by atoms with E-state index in [-0.39, 0.29) is 5.91 Å². The number of nitrogens with zero attached hydrogens (tertiary/aromatic N) is 8. The molecule has 0 N–H and O–H groups in total. The SMILES string of the molecule is CN1CCC(CCOc2cc(-c3ccc(N4CC5CC(C4)N5CCN4CCOCC4)nc3)c3c(C#N)cnn3c2)CCCC1=O. The molecule has 2 bridgehead atoms. The van der Waals surface area contributed by atoms with Crippen molar-refractivity contribution in [2.45, 2.75) is 50.6 Å². The molecule has 0 spiro atoms. The lowest BCUT2D eigenvalue weighted by Gasteiger charge is -2.57. The van der Waals surface area contributed by atoms with Gasteiger partial charge in [0.25, 0.3) is 0 Å². The number of nitriles is 1. The molecule has 238 valence electrons. The highest BCUT2D eigenvalue weighted by atomic mass is 16.5. The smallest absolute Gasteiger partial charge is 0.222 e. The van der Waals surface area contributed by atoms with Crippen molar-refractivity contribution in [2.75, 3.05) is 77.6 Å². The maximum atomic E-state index is 12.0. The fourth-order valence-electron chi connectivity index (χ4n) is 7.54. The van der Waals surface area contributed by atoms with Gasteiger partial charge in [0.15, 0.2) is 0 Å². The first-order valence-electron chi connectivity index (χ1n) is 16.6. The Morgan fingerprint density at radius 1 is 1.09 bits per heavy atom. The zero-order valence-corrected chi connectivity index (χ0v) is 26.3. The van der Waals surface area contributed by atoms with Crippen LogP contribution in [0.15, 0.2) is 36.8 Å². The molecule has 5 aliphatic rings. The van der Waals surface area contributed by atoms with Crippen LogP contribution in [0.5, 0.6) is 5.75 Å². The Bertz CT molecular complexity index is 1520. The molecule has 3 aromatic rings. The van der Waals surface area contributed by atoms with Crippen LogP contribution in [0.4, 0.5) is 5.82 Å². The summed E-state index contributed by atoms with van der Waals surface area (Å²) in [6, 6.07) is 9.72. The van der Waals surface area contributed by atoms with Gasteiger partial charge in [-0.15, -0.1) is 0 Å². The van der Waals surface area contributed by atoms with Crippen molar-refractivity contribution in [3.8, 4) is 22.9 Å². The van der Waals surface area contributed by atoms with Gasteiger partial charge in [-0.05, 0) is 56.2 Å². The lowest BCUT2D eigenvalue weighted by molar-refractivity contribution is -0.130. The summed E-state index contributed by atoms with van der Waals surface area (Å²) in [4.78, 5) is 26.4. The number of pyridine rings is 2. The van der Waals surface area contributed by atoms with Crippen molar-refractivity contribution in [2.24, 2.45) is 5.92 Å². The van der Waals surface area contributed by atoms with Crippen molar-refractivity contribution in [1.29, 1.82) is 5.26 Å². The quantitative estimate of drug-likeness (QED) is 0.360. The van der Waals surface area contributed by atoms with E-state index < -0.39 is 0 Å². The number of piperazine rings is 1. The predicted octanol–water partition coefficient (Wildman–Crippen LogP) is 3.28. The van der Waals surface area contributed by atoms with Gasteiger partial charge in [0.2, 0.25) is 5.91 Å². The second-order valence-corrected chi connectivity index (χ2v) is 13.1. The Morgan fingerprint density at radius 2 is 1.93 bits per heavy atom. The largest absolute Gasteiger partial charge is 0.492 e. The maximum absolute atomic E-state index is 12.0. The third-order valence-electron chi connectivity index (χ3n) is 10.3. The van der Waals surface area contributed by atoms with Gasteiger partial charge in [-0.2, -0.15) is 10.4 Å². The Kier molecular flexibility index (Phi) is 8.88. The van der Waals surface area contributed by atoms with E-state index in [9.17, 15) is 10.1 Å². The molecule has 0 radical (unpaired) electrons. The Morgan fingerprint density at radius 3 is 2.71 bits per heavy atom. The fourth-order valence-corrected chi connectivity index (χ4v) is 7.54. The van der Waals surface area contributed by atoms with Gasteiger partial charge in [0, 0.05) is 88.7 Å². The average molecular weight is 613 g/mol. The third kappa shape index (κ3) is 6.50. The summed E-state index contributed by atoms with van der Waals surface area (Å²) in [7, 11) is 1.90. The van der Waals surface area contributed by atoms with Crippen molar-refractivity contribution in [3.05, 3.63) is 42.4 Å². The second kappa shape index (κ2) is 13.3. The number of hydrogen-bond donors (Lipinski definition) is 0. The lowest BCUT2D eigenvalue weighted by Crippen LogP contribution is -2.69. The summed E-state index contributed by atoms with van der Waals surface area (Å²) in [5.41, 5.74) is 3.13. The summed E-state index contributed by atoms with van der Waals surface area (Å²) in [6.07, 6.45) is 11.2. The molecule has 8 heterocycles. The van der Waals surface area contributed by atoms with Crippen LogP contribution in [0.2, 0.25) is 0 Å². The van der Waals surface area contributed by atoms with Crippen LogP contribution >= 0.6 is 0 Å². The Hall–Kier alpha value is -3.72. The first-order chi connectivity index (χ1) is 22.1. The minimum absolute atomic E-state index is 0.248. The lowest BCUT2D eigenvalue weighted by atomic mass is 9.87. The minimum Gasteiger partial charge on any atom is -0.492 e. The predicted molar refractivity (Wildman–Crippen MR) is 171 cm³/mol. The molecule has 0 aromatic carbocycles. The number of fused-ring (bicyclic) bond motifs is 3. The number of aromatic nitrogens is 3. The van der Waals surface area contributed by atoms with Gasteiger partial charge in [0.1, 0.15) is 17.6 Å². The molecule has 11 heteroatoms. The number of carbonyl (C=O) groups excluding carboxylic acids is 1. The third-order valence-corrected chi connectivity index (χ3v) is 10.3. The molecule has 0 saturated carbocycles. The summed E-state index contributed by atoms with van der Waals surface area (Å²) in [6.45, 7) is 9.48. The minimum atomic E-state index is 0.248. The van der Waals surface area contributed by atoms with E-state index in [1.165, 1.54) is 6.42 Å². The van der Waals surface area contributed by atoms with E-state index in [1.807, 2.05) is 30.4 Å². The number of rotatable bonds is 9. The molecule has 3 atom stereocenters. The number of piperidine rings is 1. The number of likely N-dealkylation sites (tertiary alicyclic amines) is 1. The molecule has 5 aliphatic heterocycles. The van der Waals surface area contributed by atoms with Crippen molar-refractivity contribution >= 4 is 17.2 Å². The number of anilines is 1. The molecule has 8 rings (SSSR count). The molecular formula is C34H44N8O3. The monoisotopic (exact) mass is 612 g/mol. The van der Waals surface area contributed by atoms with Gasteiger partial charge in [-0.3, -0.25) is 14.6 Å². The number of amides is 1. The van der Waals surface area contributed by atoms with E-state index in [1.54, 1.807) is 10.7 Å². The zero-order valence-electron chi connectivity index (χ0n) is 26.3. The van der Waals surface area contributed by atoms with E-state index in [0.717, 1.165) is 113 Å². The van der Waals surface area contributed by atoms with Gasteiger partial charge < -0.3 is 19.3 Å². The van der Waals surface area contributed by atoms with E-state index in [0.29, 0.717) is 36.6 Å². The highest BCUT2D eigenvalue weighted by molar-refractivity contribution is 5.85. The zero-order chi connectivity index (χ0) is 30.8. The van der Waals surface area contributed by atoms with E-state index >= 15 is 0 Å². The summed E-state index contributed by atoms with van der Waals surface area (Å²) < 4.78 is 13.5.